The normalized spacial score (nSPS) is 16.9. The van der Waals surface area contributed by atoms with Gasteiger partial charge in [0.1, 0.15) is 5.69 Å². The highest BCUT2D eigenvalue weighted by Gasteiger charge is 2.29. The Hall–Kier alpha value is -3.03. The summed E-state index contributed by atoms with van der Waals surface area (Å²) in [5, 5.41) is 14.2. The van der Waals surface area contributed by atoms with Crippen molar-refractivity contribution in [3.05, 3.63) is 58.0 Å². The van der Waals surface area contributed by atoms with Crippen LogP contribution < -0.4 is 5.32 Å². The average molecular weight is 327 g/mol. The molecule has 0 aliphatic carbocycles. The lowest BCUT2D eigenvalue weighted by molar-refractivity contribution is -0.384. The van der Waals surface area contributed by atoms with E-state index >= 15 is 0 Å². The van der Waals surface area contributed by atoms with Crippen LogP contribution in [0.25, 0.3) is 0 Å². The molecule has 1 amide bonds. The zero-order valence-electron chi connectivity index (χ0n) is 13.2. The molecule has 1 saturated heterocycles. The lowest BCUT2D eigenvalue weighted by Gasteiger charge is -2.17. The van der Waals surface area contributed by atoms with Gasteiger partial charge in [0.25, 0.3) is 5.91 Å². The second kappa shape index (κ2) is 6.61. The monoisotopic (exact) mass is 327 g/mol. The third-order valence-electron chi connectivity index (χ3n) is 3.90. The van der Waals surface area contributed by atoms with Gasteiger partial charge in [-0.25, -0.2) is 4.98 Å². The zero-order chi connectivity index (χ0) is 17.1. The zero-order valence-corrected chi connectivity index (χ0v) is 13.2. The molecule has 0 spiro atoms. The number of anilines is 1. The first-order chi connectivity index (χ1) is 11.5. The Labute approximate surface area is 138 Å². The topological polar surface area (TPSA) is 101 Å². The third kappa shape index (κ3) is 3.32. The molecule has 0 saturated carbocycles. The first-order valence-corrected chi connectivity index (χ1v) is 7.62. The van der Waals surface area contributed by atoms with Gasteiger partial charge < -0.3 is 10.2 Å². The van der Waals surface area contributed by atoms with E-state index in [2.05, 4.69) is 15.3 Å². The third-order valence-corrected chi connectivity index (χ3v) is 3.90. The van der Waals surface area contributed by atoms with E-state index in [1.807, 2.05) is 0 Å². The van der Waals surface area contributed by atoms with Crippen molar-refractivity contribution in [1.82, 2.24) is 14.9 Å². The Morgan fingerprint density at radius 3 is 2.96 bits per heavy atom. The number of rotatable bonds is 4. The minimum atomic E-state index is -0.450. The standard InChI is InChI=1S/C16H17N5O3/c1-11-8-14(21(23)24)15(18-9-11)19-12-5-7-20(10-12)16(22)13-4-2-3-6-17-13/h2-4,6,8-9,12H,5,7,10H2,1H3,(H,18,19)/t12-/m0/s1. The van der Waals surface area contributed by atoms with Gasteiger partial charge in [-0.15, -0.1) is 0 Å². The van der Waals surface area contributed by atoms with E-state index in [-0.39, 0.29) is 23.5 Å². The fraction of sp³-hybridized carbons (Fsp3) is 0.312. The number of nitro groups is 1. The summed E-state index contributed by atoms with van der Waals surface area (Å²) in [4.78, 5) is 33.0. The minimum Gasteiger partial charge on any atom is -0.360 e. The van der Waals surface area contributed by atoms with Gasteiger partial charge in [-0.3, -0.25) is 19.9 Å². The number of aryl methyl sites for hydroxylation is 1. The van der Waals surface area contributed by atoms with E-state index in [0.717, 1.165) is 5.56 Å². The quantitative estimate of drug-likeness (QED) is 0.681. The van der Waals surface area contributed by atoms with Crippen LogP contribution >= 0.6 is 0 Å². The van der Waals surface area contributed by atoms with Crippen LogP contribution in [-0.2, 0) is 0 Å². The Kier molecular flexibility index (Phi) is 4.37. The molecule has 1 fully saturated rings. The summed E-state index contributed by atoms with van der Waals surface area (Å²) in [7, 11) is 0. The number of nitrogens with zero attached hydrogens (tertiary/aromatic N) is 4. The predicted molar refractivity (Wildman–Crippen MR) is 87.8 cm³/mol. The number of pyridine rings is 2. The van der Waals surface area contributed by atoms with Gasteiger partial charge in [0.15, 0.2) is 0 Å². The van der Waals surface area contributed by atoms with E-state index in [1.165, 1.54) is 6.07 Å². The van der Waals surface area contributed by atoms with Crippen molar-refractivity contribution in [3.63, 3.8) is 0 Å². The summed E-state index contributed by atoms with van der Waals surface area (Å²) in [5.41, 5.74) is 1.08. The molecule has 3 heterocycles. The van der Waals surface area contributed by atoms with Crippen LogP contribution in [0, 0.1) is 17.0 Å². The number of hydrogen-bond donors (Lipinski definition) is 1. The van der Waals surface area contributed by atoms with Crippen molar-refractivity contribution >= 4 is 17.4 Å². The molecule has 2 aromatic rings. The molecule has 1 aliphatic rings. The molecule has 3 rings (SSSR count). The Morgan fingerprint density at radius 1 is 1.42 bits per heavy atom. The smallest absolute Gasteiger partial charge is 0.311 e. The second-order valence-electron chi connectivity index (χ2n) is 5.73. The fourth-order valence-corrected chi connectivity index (χ4v) is 2.71. The lowest BCUT2D eigenvalue weighted by atomic mass is 10.2. The predicted octanol–water partition coefficient (Wildman–Crippen LogP) is 2.02. The van der Waals surface area contributed by atoms with Gasteiger partial charge in [-0.05, 0) is 31.0 Å². The van der Waals surface area contributed by atoms with E-state index in [4.69, 9.17) is 0 Å². The summed E-state index contributed by atoms with van der Waals surface area (Å²) < 4.78 is 0. The molecule has 24 heavy (non-hydrogen) atoms. The van der Waals surface area contributed by atoms with Crippen molar-refractivity contribution in [2.75, 3.05) is 18.4 Å². The van der Waals surface area contributed by atoms with E-state index < -0.39 is 4.92 Å². The fourth-order valence-electron chi connectivity index (χ4n) is 2.71. The number of likely N-dealkylation sites (tertiary alicyclic amines) is 1. The maximum absolute atomic E-state index is 12.4. The summed E-state index contributed by atoms with van der Waals surface area (Å²) in [6.45, 7) is 2.79. The highest BCUT2D eigenvalue weighted by Crippen LogP contribution is 2.25. The Morgan fingerprint density at radius 2 is 2.25 bits per heavy atom. The van der Waals surface area contributed by atoms with E-state index in [1.54, 1.807) is 42.4 Å². The van der Waals surface area contributed by atoms with Crippen molar-refractivity contribution in [2.45, 2.75) is 19.4 Å². The van der Waals surface area contributed by atoms with Crippen molar-refractivity contribution < 1.29 is 9.72 Å². The van der Waals surface area contributed by atoms with Crippen LogP contribution in [0.15, 0.2) is 36.7 Å². The molecule has 1 aliphatic heterocycles. The molecule has 0 unspecified atom stereocenters. The molecular formula is C16H17N5O3. The van der Waals surface area contributed by atoms with Crippen LogP contribution in [0.5, 0.6) is 0 Å². The molecular weight excluding hydrogens is 310 g/mol. The van der Waals surface area contributed by atoms with Gasteiger partial charge in [0.05, 0.1) is 4.92 Å². The summed E-state index contributed by atoms with van der Waals surface area (Å²) in [5.74, 6) is 0.106. The molecule has 0 bridgehead atoms. The highest BCUT2D eigenvalue weighted by atomic mass is 16.6. The highest BCUT2D eigenvalue weighted by molar-refractivity contribution is 5.92. The van der Waals surface area contributed by atoms with Crippen molar-refractivity contribution in [2.24, 2.45) is 0 Å². The minimum absolute atomic E-state index is 0.0514. The SMILES string of the molecule is Cc1cnc(N[C@H]2CCN(C(=O)c3ccccn3)C2)c([N+](=O)[O-])c1. The van der Waals surface area contributed by atoms with Crippen LogP contribution in [0.1, 0.15) is 22.5 Å². The van der Waals surface area contributed by atoms with Gasteiger partial charge in [-0.1, -0.05) is 6.07 Å². The molecule has 1 atom stereocenters. The van der Waals surface area contributed by atoms with Gasteiger partial charge in [-0.2, -0.15) is 0 Å². The number of aromatic nitrogens is 2. The molecule has 0 radical (unpaired) electrons. The van der Waals surface area contributed by atoms with E-state index in [9.17, 15) is 14.9 Å². The molecule has 0 aromatic carbocycles. The maximum atomic E-state index is 12.4. The first kappa shape index (κ1) is 15.9. The summed E-state index contributed by atoms with van der Waals surface area (Å²) in [6, 6.07) is 6.61. The Bertz CT molecular complexity index is 766. The van der Waals surface area contributed by atoms with Crippen LogP contribution in [0.2, 0.25) is 0 Å². The largest absolute Gasteiger partial charge is 0.360 e. The number of carbonyl (C=O) groups is 1. The first-order valence-electron chi connectivity index (χ1n) is 7.62. The van der Waals surface area contributed by atoms with E-state index in [0.29, 0.717) is 25.2 Å². The molecule has 2 aromatic heterocycles. The van der Waals surface area contributed by atoms with Crippen LogP contribution in [-0.4, -0.2) is 44.8 Å². The second-order valence-corrected chi connectivity index (χ2v) is 5.73. The molecule has 8 nitrogen and oxygen atoms in total. The number of nitrogens with one attached hydrogen (secondary N) is 1. The molecule has 8 heteroatoms. The summed E-state index contributed by atoms with van der Waals surface area (Å²) >= 11 is 0. The number of carbonyl (C=O) groups excluding carboxylic acids is 1. The molecule has 1 N–H and O–H groups in total. The Balaban J connectivity index is 1.69. The van der Waals surface area contributed by atoms with Crippen LogP contribution in [0.4, 0.5) is 11.5 Å². The van der Waals surface area contributed by atoms with Crippen molar-refractivity contribution in [1.29, 1.82) is 0 Å². The van der Waals surface area contributed by atoms with Crippen molar-refractivity contribution in [3.8, 4) is 0 Å². The van der Waals surface area contributed by atoms with Crippen LogP contribution in [0.3, 0.4) is 0 Å². The maximum Gasteiger partial charge on any atom is 0.311 e. The summed E-state index contributed by atoms with van der Waals surface area (Å²) in [6.07, 6.45) is 3.87. The lowest BCUT2D eigenvalue weighted by Crippen LogP contribution is -2.32. The number of amides is 1. The van der Waals surface area contributed by atoms with Gasteiger partial charge in [0, 0.05) is 37.6 Å². The average Bonchev–Trinajstić information content (AvgIpc) is 3.05. The van der Waals surface area contributed by atoms with Gasteiger partial charge in [0.2, 0.25) is 5.82 Å². The van der Waals surface area contributed by atoms with Gasteiger partial charge >= 0.3 is 5.69 Å². The number of hydrogen-bond acceptors (Lipinski definition) is 6. The molecule has 124 valence electrons.